The number of rotatable bonds is 4. The van der Waals surface area contributed by atoms with Crippen molar-refractivity contribution >= 4 is 27.9 Å². The maximum absolute atomic E-state index is 12.9. The quantitative estimate of drug-likeness (QED) is 0.476. The van der Waals surface area contributed by atoms with Gasteiger partial charge in [0.2, 0.25) is 5.91 Å². The third-order valence-corrected chi connectivity index (χ3v) is 5.53. The number of alkyl halides is 3. The van der Waals surface area contributed by atoms with Crippen molar-refractivity contribution in [3.63, 3.8) is 0 Å². The molecule has 2 N–H and O–H groups in total. The smallest absolute Gasteiger partial charge is 0.416 e. The summed E-state index contributed by atoms with van der Waals surface area (Å²) >= 11 is 0. The number of carbonyl (C=O) groups is 1. The normalized spacial score (nSPS) is 19.9. The highest BCUT2D eigenvalue weighted by Gasteiger charge is 2.46. The highest BCUT2D eigenvalue weighted by atomic mass is 19.4. The Hall–Kier alpha value is -3.29. The fourth-order valence-electron chi connectivity index (χ4n) is 3.78. The van der Waals surface area contributed by atoms with Gasteiger partial charge in [-0.15, -0.1) is 0 Å². The Labute approximate surface area is 169 Å². The fraction of sp³-hybridized carbons (Fsp3) is 0.273. The summed E-state index contributed by atoms with van der Waals surface area (Å²) in [5, 5.41) is 3.26. The number of H-pyrrole nitrogens is 1. The standard InChI is InChI=1S/C22H18F3N3O2/c1-11(19-9-12-8-13(22(23,24)25)6-7-18(12)30-19)26-21(29)15-10-14(15)20-27-16-4-2-3-5-17(16)28-20/h2-9,11,14-15H,10H2,1H3,(H,26,29)(H,27,28)/t11-,14+,15+/m1/s1. The zero-order valence-corrected chi connectivity index (χ0v) is 16.0. The van der Waals surface area contributed by atoms with Gasteiger partial charge < -0.3 is 14.7 Å². The average Bonchev–Trinajstić information content (AvgIpc) is 3.20. The van der Waals surface area contributed by atoms with E-state index in [4.69, 9.17) is 4.42 Å². The molecule has 5 nitrogen and oxygen atoms in total. The molecule has 0 spiro atoms. The summed E-state index contributed by atoms with van der Waals surface area (Å²) in [6.45, 7) is 1.75. The summed E-state index contributed by atoms with van der Waals surface area (Å²) < 4.78 is 44.3. The van der Waals surface area contributed by atoms with Crippen LogP contribution in [0.1, 0.15) is 42.5 Å². The molecule has 1 aliphatic carbocycles. The fourth-order valence-corrected chi connectivity index (χ4v) is 3.78. The van der Waals surface area contributed by atoms with Crippen molar-refractivity contribution < 1.29 is 22.4 Å². The number of benzene rings is 2. The van der Waals surface area contributed by atoms with E-state index >= 15 is 0 Å². The van der Waals surface area contributed by atoms with Gasteiger partial charge in [-0.2, -0.15) is 13.2 Å². The monoisotopic (exact) mass is 413 g/mol. The van der Waals surface area contributed by atoms with Crippen LogP contribution in [0.25, 0.3) is 22.0 Å². The van der Waals surface area contributed by atoms with E-state index in [1.54, 1.807) is 13.0 Å². The minimum Gasteiger partial charge on any atom is -0.459 e. The molecule has 0 saturated heterocycles. The molecule has 2 aromatic heterocycles. The summed E-state index contributed by atoms with van der Waals surface area (Å²) in [4.78, 5) is 20.5. The molecule has 1 fully saturated rings. The number of nitrogens with one attached hydrogen (secondary N) is 2. The third-order valence-electron chi connectivity index (χ3n) is 5.53. The first kappa shape index (κ1) is 18.7. The van der Waals surface area contributed by atoms with Crippen LogP contribution in [0.3, 0.4) is 0 Å². The van der Waals surface area contributed by atoms with Crippen LogP contribution in [0.15, 0.2) is 52.9 Å². The number of aromatic amines is 1. The lowest BCUT2D eigenvalue weighted by Gasteiger charge is -2.11. The lowest BCUT2D eigenvalue weighted by molar-refractivity contribution is -0.137. The Morgan fingerprint density at radius 1 is 1.23 bits per heavy atom. The third kappa shape index (κ3) is 3.32. The highest BCUT2D eigenvalue weighted by molar-refractivity contribution is 5.84. The van der Waals surface area contributed by atoms with Crippen LogP contribution in [-0.4, -0.2) is 15.9 Å². The summed E-state index contributed by atoms with van der Waals surface area (Å²) in [6.07, 6.45) is -3.71. The van der Waals surface area contributed by atoms with E-state index in [1.807, 2.05) is 24.3 Å². The van der Waals surface area contributed by atoms with Crippen molar-refractivity contribution in [2.75, 3.05) is 0 Å². The van der Waals surface area contributed by atoms with Crippen LogP contribution >= 0.6 is 0 Å². The molecule has 2 heterocycles. The minimum atomic E-state index is -4.41. The first-order valence-corrected chi connectivity index (χ1v) is 9.65. The molecule has 2 aromatic carbocycles. The number of aromatic nitrogens is 2. The second kappa shape index (κ2) is 6.62. The number of amides is 1. The van der Waals surface area contributed by atoms with E-state index in [2.05, 4.69) is 15.3 Å². The molecular formula is C22H18F3N3O2. The van der Waals surface area contributed by atoms with Crippen LogP contribution < -0.4 is 5.32 Å². The van der Waals surface area contributed by atoms with Gasteiger partial charge in [0.1, 0.15) is 17.2 Å². The second-order valence-corrected chi connectivity index (χ2v) is 7.72. The van der Waals surface area contributed by atoms with Gasteiger partial charge in [0.05, 0.1) is 22.6 Å². The minimum absolute atomic E-state index is 0.0367. The first-order valence-electron chi connectivity index (χ1n) is 9.65. The summed E-state index contributed by atoms with van der Waals surface area (Å²) in [7, 11) is 0. The summed E-state index contributed by atoms with van der Waals surface area (Å²) in [6, 6.07) is 12.1. The van der Waals surface area contributed by atoms with Crippen molar-refractivity contribution in [3.8, 4) is 0 Å². The zero-order chi connectivity index (χ0) is 21.0. The average molecular weight is 413 g/mol. The molecule has 0 radical (unpaired) electrons. The number of hydrogen-bond acceptors (Lipinski definition) is 3. The van der Waals surface area contributed by atoms with Gasteiger partial charge in [-0.3, -0.25) is 4.79 Å². The van der Waals surface area contributed by atoms with Crippen molar-refractivity contribution in [1.82, 2.24) is 15.3 Å². The lowest BCUT2D eigenvalue weighted by atomic mass is 10.1. The van der Waals surface area contributed by atoms with Gasteiger partial charge in [-0.25, -0.2) is 4.98 Å². The molecule has 5 rings (SSSR count). The molecule has 1 aliphatic rings. The zero-order valence-electron chi connectivity index (χ0n) is 16.0. The van der Waals surface area contributed by atoms with Gasteiger partial charge >= 0.3 is 6.18 Å². The van der Waals surface area contributed by atoms with Gasteiger partial charge in [0.25, 0.3) is 0 Å². The largest absolute Gasteiger partial charge is 0.459 e. The van der Waals surface area contributed by atoms with Crippen molar-refractivity contribution in [2.24, 2.45) is 5.92 Å². The number of nitrogens with zero attached hydrogens (tertiary/aromatic N) is 1. The van der Waals surface area contributed by atoms with E-state index < -0.39 is 17.8 Å². The lowest BCUT2D eigenvalue weighted by Crippen LogP contribution is -2.28. The Morgan fingerprint density at radius 2 is 2.03 bits per heavy atom. The molecule has 4 aromatic rings. The number of fused-ring (bicyclic) bond motifs is 2. The van der Waals surface area contributed by atoms with E-state index in [0.29, 0.717) is 23.2 Å². The summed E-state index contributed by atoms with van der Waals surface area (Å²) in [5.74, 6) is 0.944. The number of furan rings is 1. The van der Waals surface area contributed by atoms with Crippen LogP contribution in [0, 0.1) is 5.92 Å². The van der Waals surface area contributed by atoms with E-state index in [0.717, 1.165) is 29.0 Å². The Balaban J connectivity index is 1.28. The van der Waals surface area contributed by atoms with Crippen molar-refractivity contribution in [3.05, 3.63) is 65.7 Å². The molecule has 30 heavy (non-hydrogen) atoms. The van der Waals surface area contributed by atoms with E-state index in [-0.39, 0.29) is 17.7 Å². The van der Waals surface area contributed by atoms with Gasteiger partial charge in [0, 0.05) is 17.2 Å². The molecular weight excluding hydrogens is 395 g/mol. The predicted octanol–water partition coefficient (Wildman–Crippen LogP) is 5.31. The number of imidazole rings is 1. The molecule has 1 saturated carbocycles. The molecule has 0 bridgehead atoms. The number of hydrogen-bond donors (Lipinski definition) is 2. The second-order valence-electron chi connectivity index (χ2n) is 7.72. The van der Waals surface area contributed by atoms with Crippen molar-refractivity contribution in [1.29, 1.82) is 0 Å². The number of halogens is 3. The molecule has 154 valence electrons. The molecule has 0 unspecified atom stereocenters. The summed E-state index contributed by atoms with van der Waals surface area (Å²) in [5.41, 5.74) is 1.43. The van der Waals surface area contributed by atoms with Crippen molar-refractivity contribution in [2.45, 2.75) is 31.5 Å². The Bertz CT molecular complexity index is 1220. The van der Waals surface area contributed by atoms with E-state index in [9.17, 15) is 18.0 Å². The number of carbonyl (C=O) groups excluding carboxylic acids is 1. The van der Waals surface area contributed by atoms with Gasteiger partial charge in [-0.1, -0.05) is 12.1 Å². The maximum atomic E-state index is 12.9. The van der Waals surface area contributed by atoms with Gasteiger partial charge in [-0.05, 0) is 49.7 Å². The van der Waals surface area contributed by atoms with Gasteiger partial charge in [0.15, 0.2) is 0 Å². The maximum Gasteiger partial charge on any atom is 0.416 e. The molecule has 0 aliphatic heterocycles. The Kier molecular flexibility index (Phi) is 4.13. The predicted molar refractivity (Wildman–Crippen MR) is 105 cm³/mol. The Morgan fingerprint density at radius 3 is 2.80 bits per heavy atom. The van der Waals surface area contributed by atoms with Crippen LogP contribution in [-0.2, 0) is 11.0 Å². The van der Waals surface area contributed by atoms with Crippen LogP contribution in [0.2, 0.25) is 0 Å². The van der Waals surface area contributed by atoms with E-state index in [1.165, 1.54) is 6.07 Å². The number of para-hydroxylation sites is 2. The SMILES string of the molecule is C[C@@H](NC(=O)[C@H]1C[C@@H]1c1nc2ccccc2[nH]1)c1cc2cc(C(F)(F)F)ccc2o1. The highest BCUT2D eigenvalue weighted by Crippen LogP contribution is 2.47. The van der Waals surface area contributed by atoms with Crippen LogP contribution in [0.4, 0.5) is 13.2 Å². The molecule has 1 amide bonds. The molecule has 8 heteroatoms. The van der Waals surface area contributed by atoms with Crippen LogP contribution in [0.5, 0.6) is 0 Å². The first-order chi connectivity index (χ1) is 14.3. The molecule has 3 atom stereocenters. The topological polar surface area (TPSA) is 70.9 Å².